The van der Waals surface area contributed by atoms with Gasteiger partial charge in [-0.15, -0.1) is 0 Å². The first-order valence-corrected chi connectivity index (χ1v) is 6.20. The van der Waals surface area contributed by atoms with Crippen molar-refractivity contribution >= 4 is 34.0 Å². The van der Waals surface area contributed by atoms with Crippen LogP contribution in [0.5, 0.6) is 5.75 Å². The molecule has 0 bridgehead atoms. The summed E-state index contributed by atoms with van der Waals surface area (Å²) in [6, 6.07) is 3.83. The Hall–Kier alpha value is -1.73. The van der Waals surface area contributed by atoms with E-state index < -0.39 is 12.3 Å². The number of thiazole rings is 1. The molecule has 1 amide bonds. The molecule has 1 aromatic heterocycles. The summed E-state index contributed by atoms with van der Waals surface area (Å²) in [6.07, 6.45) is -1.63. The van der Waals surface area contributed by atoms with Gasteiger partial charge in [0, 0.05) is 16.8 Å². The van der Waals surface area contributed by atoms with E-state index in [1.807, 2.05) is 0 Å². The molecular formula is C11H7ClF2N2O2S. The number of carbonyl (C=O) groups excluding carboxylic acids is 1. The highest BCUT2D eigenvalue weighted by atomic mass is 35.5. The Morgan fingerprint density at radius 3 is 2.74 bits per heavy atom. The Labute approximate surface area is 115 Å². The van der Waals surface area contributed by atoms with E-state index in [1.54, 1.807) is 0 Å². The lowest BCUT2D eigenvalue weighted by Crippen LogP contribution is -2.11. The van der Waals surface area contributed by atoms with Crippen LogP contribution < -0.4 is 5.32 Å². The minimum atomic E-state index is -2.63. The standard InChI is InChI=1S/C11H7ClF2N2O2S/c12-6-1-5(2-7(17)3-6)10(18)16-11-15-4-8(19-11)9(13)14/h1-4,9,17H,(H,15,16,18). The quantitative estimate of drug-likeness (QED) is 0.909. The van der Waals surface area contributed by atoms with Crippen LogP contribution in [0.3, 0.4) is 0 Å². The number of phenols is 1. The smallest absolute Gasteiger partial charge is 0.274 e. The van der Waals surface area contributed by atoms with Crippen molar-refractivity contribution in [3.05, 3.63) is 39.9 Å². The number of phenolic OH excluding ortho intramolecular Hbond substituents is 1. The van der Waals surface area contributed by atoms with E-state index >= 15 is 0 Å². The molecule has 4 nitrogen and oxygen atoms in total. The maximum absolute atomic E-state index is 12.4. The predicted octanol–water partition coefficient (Wildman–Crippen LogP) is 3.69. The minimum Gasteiger partial charge on any atom is -0.508 e. The maximum Gasteiger partial charge on any atom is 0.274 e. The Morgan fingerprint density at radius 1 is 1.42 bits per heavy atom. The number of benzene rings is 1. The van der Waals surface area contributed by atoms with Gasteiger partial charge in [0.25, 0.3) is 12.3 Å². The molecule has 0 saturated carbocycles. The first-order chi connectivity index (χ1) is 8.95. The van der Waals surface area contributed by atoms with Crippen molar-refractivity contribution in [2.24, 2.45) is 0 Å². The summed E-state index contributed by atoms with van der Waals surface area (Å²) in [5.41, 5.74) is 0.110. The van der Waals surface area contributed by atoms with E-state index in [2.05, 4.69) is 10.3 Å². The van der Waals surface area contributed by atoms with E-state index in [-0.39, 0.29) is 26.3 Å². The molecule has 8 heteroatoms. The van der Waals surface area contributed by atoms with Crippen molar-refractivity contribution in [1.29, 1.82) is 0 Å². The fraction of sp³-hybridized carbons (Fsp3) is 0.0909. The number of aromatic nitrogens is 1. The molecule has 19 heavy (non-hydrogen) atoms. The molecular weight excluding hydrogens is 298 g/mol. The molecule has 2 aromatic rings. The van der Waals surface area contributed by atoms with E-state index in [0.29, 0.717) is 11.3 Å². The van der Waals surface area contributed by atoms with Gasteiger partial charge in [-0.25, -0.2) is 13.8 Å². The fourth-order valence-corrected chi connectivity index (χ4v) is 2.22. The molecule has 2 rings (SSSR count). The van der Waals surface area contributed by atoms with Crippen LogP contribution in [-0.2, 0) is 0 Å². The second-order valence-electron chi connectivity index (χ2n) is 3.52. The van der Waals surface area contributed by atoms with Crippen LogP contribution in [0.4, 0.5) is 13.9 Å². The maximum atomic E-state index is 12.4. The van der Waals surface area contributed by atoms with Crippen molar-refractivity contribution in [2.75, 3.05) is 5.32 Å². The van der Waals surface area contributed by atoms with Crippen LogP contribution in [0.2, 0.25) is 5.02 Å². The zero-order valence-electron chi connectivity index (χ0n) is 9.23. The molecule has 0 aliphatic carbocycles. The van der Waals surface area contributed by atoms with Gasteiger partial charge in [0.05, 0.1) is 4.88 Å². The SMILES string of the molecule is O=C(Nc1ncc(C(F)F)s1)c1cc(O)cc(Cl)c1. The summed E-state index contributed by atoms with van der Waals surface area (Å²) >= 11 is 6.37. The summed E-state index contributed by atoms with van der Waals surface area (Å²) in [7, 11) is 0. The minimum absolute atomic E-state index is 0.0553. The number of amides is 1. The van der Waals surface area contributed by atoms with Gasteiger partial charge in [0.2, 0.25) is 0 Å². The van der Waals surface area contributed by atoms with Crippen molar-refractivity contribution in [3.63, 3.8) is 0 Å². The number of alkyl halides is 2. The number of rotatable bonds is 3. The van der Waals surface area contributed by atoms with Crippen molar-refractivity contribution in [2.45, 2.75) is 6.43 Å². The summed E-state index contributed by atoms with van der Waals surface area (Å²) < 4.78 is 24.7. The monoisotopic (exact) mass is 304 g/mol. The zero-order valence-corrected chi connectivity index (χ0v) is 10.8. The number of hydrogen-bond donors (Lipinski definition) is 2. The van der Waals surface area contributed by atoms with Crippen LogP contribution in [0.1, 0.15) is 21.7 Å². The number of carbonyl (C=O) groups is 1. The second-order valence-corrected chi connectivity index (χ2v) is 5.02. The van der Waals surface area contributed by atoms with E-state index in [9.17, 15) is 18.7 Å². The largest absolute Gasteiger partial charge is 0.508 e. The normalized spacial score (nSPS) is 10.7. The highest BCUT2D eigenvalue weighted by Crippen LogP contribution is 2.28. The van der Waals surface area contributed by atoms with Crippen LogP contribution in [-0.4, -0.2) is 16.0 Å². The highest BCUT2D eigenvalue weighted by Gasteiger charge is 2.14. The number of halogens is 3. The van der Waals surface area contributed by atoms with E-state index in [0.717, 1.165) is 6.20 Å². The Kier molecular flexibility index (Phi) is 3.96. The zero-order chi connectivity index (χ0) is 14.0. The number of nitrogens with one attached hydrogen (secondary N) is 1. The van der Waals surface area contributed by atoms with Gasteiger partial charge >= 0.3 is 0 Å². The van der Waals surface area contributed by atoms with Gasteiger partial charge in [-0.2, -0.15) is 0 Å². The van der Waals surface area contributed by atoms with Crippen molar-refractivity contribution < 1.29 is 18.7 Å². The van der Waals surface area contributed by atoms with E-state index in [1.165, 1.54) is 18.2 Å². The molecule has 2 N–H and O–H groups in total. The average molecular weight is 305 g/mol. The van der Waals surface area contributed by atoms with Gasteiger partial charge in [-0.05, 0) is 18.2 Å². The van der Waals surface area contributed by atoms with Gasteiger partial charge < -0.3 is 5.11 Å². The lowest BCUT2D eigenvalue weighted by molar-refractivity contribution is 0.102. The molecule has 0 atom stereocenters. The lowest BCUT2D eigenvalue weighted by atomic mass is 10.2. The summed E-state index contributed by atoms with van der Waals surface area (Å²) in [5, 5.41) is 11.9. The summed E-state index contributed by atoms with van der Waals surface area (Å²) in [4.78, 5) is 15.2. The Balaban J connectivity index is 2.15. The highest BCUT2D eigenvalue weighted by molar-refractivity contribution is 7.15. The van der Waals surface area contributed by atoms with Crippen molar-refractivity contribution in [3.8, 4) is 5.75 Å². The van der Waals surface area contributed by atoms with Crippen LogP contribution in [0, 0.1) is 0 Å². The second kappa shape index (κ2) is 5.50. The molecule has 0 fully saturated rings. The molecule has 0 saturated heterocycles. The third kappa shape index (κ3) is 3.39. The molecule has 0 radical (unpaired) electrons. The number of aromatic hydroxyl groups is 1. The first kappa shape index (κ1) is 13.7. The summed E-state index contributed by atoms with van der Waals surface area (Å²) in [6.45, 7) is 0. The molecule has 0 unspecified atom stereocenters. The third-order valence-corrected chi connectivity index (χ3v) is 3.24. The van der Waals surface area contributed by atoms with Crippen LogP contribution in [0.25, 0.3) is 0 Å². The number of anilines is 1. The van der Waals surface area contributed by atoms with Gasteiger partial charge in [0.1, 0.15) is 5.75 Å². The summed E-state index contributed by atoms with van der Waals surface area (Å²) in [5.74, 6) is -0.752. The number of nitrogens with zero attached hydrogens (tertiary/aromatic N) is 1. The average Bonchev–Trinajstić information content (AvgIpc) is 2.76. The number of hydrogen-bond acceptors (Lipinski definition) is 4. The molecule has 1 heterocycles. The Bertz CT molecular complexity index is 598. The van der Waals surface area contributed by atoms with Crippen LogP contribution >= 0.6 is 22.9 Å². The topological polar surface area (TPSA) is 62.2 Å². The third-order valence-electron chi connectivity index (χ3n) is 2.10. The van der Waals surface area contributed by atoms with Crippen molar-refractivity contribution in [1.82, 2.24) is 4.98 Å². The van der Waals surface area contributed by atoms with Gasteiger partial charge in [-0.1, -0.05) is 22.9 Å². The molecule has 0 spiro atoms. The lowest BCUT2D eigenvalue weighted by Gasteiger charge is -2.03. The molecule has 0 aliphatic heterocycles. The van der Waals surface area contributed by atoms with Crippen LogP contribution in [0.15, 0.2) is 24.4 Å². The van der Waals surface area contributed by atoms with E-state index in [4.69, 9.17) is 11.6 Å². The molecule has 0 aliphatic rings. The molecule has 100 valence electrons. The van der Waals surface area contributed by atoms with Gasteiger partial charge in [0.15, 0.2) is 5.13 Å². The van der Waals surface area contributed by atoms with Gasteiger partial charge in [-0.3, -0.25) is 10.1 Å². The first-order valence-electron chi connectivity index (χ1n) is 5.00. The Morgan fingerprint density at radius 2 is 2.16 bits per heavy atom. The predicted molar refractivity (Wildman–Crippen MR) is 68.1 cm³/mol. The fourth-order valence-electron chi connectivity index (χ4n) is 1.32. The molecule has 1 aromatic carbocycles.